The van der Waals surface area contributed by atoms with E-state index in [0.717, 1.165) is 24.4 Å². The van der Waals surface area contributed by atoms with Gasteiger partial charge in [-0.3, -0.25) is 9.69 Å². The summed E-state index contributed by atoms with van der Waals surface area (Å²) in [6.45, 7) is 7.84. The minimum atomic E-state index is 0.0257. The SMILES string of the molecule is CC[C@@H](NC(=O)c1ccc(CN2CCC[C@H](C)C2)cc1)c1ccc2c(c1)CCCC2. The Morgan fingerprint density at radius 3 is 2.57 bits per heavy atom. The van der Waals surface area contributed by atoms with E-state index in [1.165, 1.54) is 73.9 Å². The Morgan fingerprint density at radius 2 is 1.83 bits per heavy atom. The summed E-state index contributed by atoms with van der Waals surface area (Å²) < 4.78 is 0. The molecule has 0 unspecified atom stereocenters. The quantitative estimate of drug-likeness (QED) is 0.672. The molecule has 2 aromatic rings. The number of hydrogen-bond acceptors (Lipinski definition) is 2. The van der Waals surface area contributed by atoms with Gasteiger partial charge < -0.3 is 5.32 Å². The molecular weight excluding hydrogens is 368 g/mol. The molecule has 160 valence electrons. The second-order valence-corrected chi connectivity index (χ2v) is 9.35. The standard InChI is InChI=1S/C27H36N2O/c1-3-26(25-15-14-22-8-4-5-9-24(22)17-25)28-27(30)23-12-10-21(11-13-23)19-29-16-6-7-20(2)18-29/h10-15,17,20,26H,3-9,16,18-19H2,1-2H3,(H,28,30)/t20-,26+/m0/s1. The maximum atomic E-state index is 12.9. The van der Waals surface area contributed by atoms with Gasteiger partial charge in [-0.15, -0.1) is 0 Å². The molecule has 1 aliphatic heterocycles. The highest BCUT2D eigenvalue weighted by Crippen LogP contribution is 2.26. The molecule has 4 rings (SSSR count). The summed E-state index contributed by atoms with van der Waals surface area (Å²) in [6, 6.07) is 15.1. The summed E-state index contributed by atoms with van der Waals surface area (Å²) >= 11 is 0. The average Bonchev–Trinajstić information content (AvgIpc) is 2.77. The number of likely N-dealkylation sites (tertiary alicyclic amines) is 1. The molecule has 2 aromatic carbocycles. The molecule has 1 saturated heterocycles. The van der Waals surface area contributed by atoms with E-state index in [-0.39, 0.29) is 11.9 Å². The summed E-state index contributed by atoms with van der Waals surface area (Å²) in [4.78, 5) is 15.4. The Morgan fingerprint density at radius 1 is 1.07 bits per heavy atom. The number of aryl methyl sites for hydroxylation is 2. The lowest BCUT2D eigenvalue weighted by Crippen LogP contribution is -2.33. The van der Waals surface area contributed by atoms with Gasteiger partial charge in [0.25, 0.3) is 5.91 Å². The van der Waals surface area contributed by atoms with E-state index in [1.54, 1.807) is 0 Å². The second kappa shape index (κ2) is 9.78. The van der Waals surface area contributed by atoms with Crippen LogP contribution < -0.4 is 5.32 Å². The van der Waals surface area contributed by atoms with Gasteiger partial charge in [-0.1, -0.05) is 44.2 Å². The van der Waals surface area contributed by atoms with Crippen molar-refractivity contribution < 1.29 is 4.79 Å². The van der Waals surface area contributed by atoms with Crippen LogP contribution in [0.4, 0.5) is 0 Å². The van der Waals surface area contributed by atoms with E-state index in [1.807, 2.05) is 12.1 Å². The number of carbonyl (C=O) groups is 1. The number of piperidine rings is 1. The molecule has 30 heavy (non-hydrogen) atoms. The maximum Gasteiger partial charge on any atom is 0.251 e. The Bertz CT molecular complexity index is 858. The van der Waals surface area contributed by atoms with Crippen LogP contribution >= 0.6 is 0 Å². The van der Waals surface area contributed by atoms with Gasteiger partial charge >= 0.3 is 0 Å². The highest BCUT2D eigenvalue weighted by molar-refractivity contribution is 5.94. The van der Waals surface area contributed by atoms with E-state index in [2.05, 4.69) is 54.4 Å². The van der Waals surface area contributed by atoms with Crippen molar-refractivity contribution in [2.75, 3.05) is 13.1 Å². The number of nitrogens with one attached hydrogen (secondary N) is 1. The van der Waals surface area contributed by atoms with E-state index in [0.29, 0.717) is 0 Å². The zero-order valence-corrected chi connectivity index (χ0v) is 18.6. The molecule has 0 bridgehead atoms. The van der Waals surface area contributed by atoms with Crippen molar-refractivity contribution in [1.82, 2.24) is 10.2 Å². The molecule has 2 aliphatic rings. The van der Waals surface area contributed by atoms with Gasteiger partial charge in [0.2, 0.25) is 0 Å². The first-order valence-electron chi connectivity index (χ1n) is 11.9. The average molecular weight is 405 g/mol. The van der Waals surface area contributed by atoms with Gasteiger partial charge in [0.15, 0.2) is 0 Å². The van der Waals surface area contributed by atoms with Crippen LogP contribution in [0.1, 0.15) is 84.6 Å². The number of nitrogens with zero attached hydrogens (tertiary/aromatic N) is 1. The lowest BCUT2D eigenvalue weighted by Gasteiger charge is -2.30. The van der Waals surface area contributed by atoms with E-state index >= 15 is 0 Å². The first kappa shape index (κ1) is 21.1. The minimum Gasteiger partial charge on any atom is -0.345 e. The normalized spacial score (nSPS) is 20.4. The molecule has 0 spiro atoms. The molecule has 1 aliphatic carbocycles. The Hall–Kier alpha value is -2.13. The first-order chi connectivity index (χ1) is 14.6. The summed E-state index contributed by atoms with van der Waals surface area (Å²) in [5.41, 5.74) is 6.25. The predicted molar refractivity (Wildman–Crippen MR) is 124 cm³/mol. The number of fused-ring (bicyclic) bond motifs is 1. The molecule has 0 aromatic heterocycles. The predicted octanol–water partition coefficient (Wildman–Crippen LogP) is 5.68. The molecule has 1 amide bonds. The van der Waals surface area contributed by atoms with Crippen LogP contribution in [0.3, 0.4) is 0 Å². The summed E-state index contributed by atoms with van der Waals surface area (Å²) in [5.74, 6) is 0.816. The van der Waals surface area contributed by atoms with Gasteiger partial charge in [0.05, 0.1) is 6.04 Å². The lowest BCUT2D eigenvalue weighted by molar-refractivity contribution is 0.0935. The monoisotopic (exact) mass is 404 g/mol. The van der Waals surface area contributed by atoms with E-state index in [4.69, 9.17) is 0 Å². The Balaban J connectivity index is 1.38. The number of carbonyl (C=O) groups excluding carboxylic acids is 1. The van der Waals surface area contributed by atoms with Gasteiger partial charge in [-0.25, -0.2) is 0 Å². The molecule has 1 N–H and O–H groups in total. The fourth-order valence-corrected chi connectivity index (χ4v) is 5.08. The van der Waals surface area contributed by atoms with Crippen LogP contribution in [0.5, 0.6) is 0 Å². The number of amides is 1. The molecule has 0 radical (unpaired) electrons. The highest BCUT2D eigenvalue weighted by atomic mass is 16.1. The smallest absolute Gasteiger partial charge is 0.251 e. The van der Waals surface area contributed by atoms with Crippen molar-refractivity contribution in [2.45, 2.75) is 71.4 Å². The van der Waals surface area contributed by atoms with Crippen LogP contribution in [0.2, 0.25) is 0 Å². The molecule has 1 heterocycles. The number of rotatable bonds is 6. The van der Waals surface area contributed by atoms with Gasteiger partial charge in [0, 0.05) is 18.7 Å². The fourth-order valence-electron chi connectivity index (χ4n) is 5.08. The van der Waals surface area contributed by atoms with Crippen molar-refractivity contribution in [2.24, 2.45) is 5.92 Å². The molecule has 2 atom stereocenters. The van der Waals surface area contributed by atoms with Crippen molar-refractivity contribution in [3.63, 3.8) is 0 Å². The van der Waals surface area contributed by atoms with Crippen LogP contribution in [0, 0.1) is 5.92 Å². The number of benzene rings is 2. The molecule has 1 fully saturated rings. The van der Waals surface area contributed by atoms with Gasteiger partial charge in [0.1, 0.15) is 0 Å². The van der Waals surface area contributed by atoms with Gasteiger partial charge in [-0.2, -0.15) is 0 Å². The second-order valence-electron chi connectivity index (χ2n) is 9.35. The third-order valence-electron chi connectivity index (χ3n) is 6.85. The topological polar surface area (TPSA) is 32.3 Å². The maximum absolute atomic E-state index is 12.9. The minimum absolute atomic E-state index is 0.0257. The summed E-state index contributed by atoms with van der Waals surface area (Å²) in [7, 11) is 0. The van der Waals surface area contributed by atoms with E-state index < -0.39 is 0 Å². The largest absolute Gasteiger partial charge is 0.345 e. The van der Waals surface area contributed by atoms with Crippen molar-refractivity contribution in [3.05, 3.63) is 70.3 Å². The third kappa shape index (κ3) is 5.13. The number of hydrogen-bond donors (Lipinski definition) is 1. The fraction of sp³-hybridized carbons (Fsp3) is 0.519. The lowest BCUT2D eigenvalue weighted by atomic mass is 9.88. The summed E-state index contributed by atoms with van der Waals surface area (Å²) in [6.07, 6.45) is 8.48. The van der Waals surface area contributed by atoms with Crippen molar-refractivity contribution in [1.29, 1.82) is 0 Å². The molecule has 3 heteroatoms. The van der Waals surface area contributed by atoms with Crippen molar-refractivity contribution in [3.8, 4) is 0 Å². The van der Waals surface area contributed by atoms with Crippen molar-refractivity contribution >= 4 is 5.91 Å². The first-order valence-corrected chi connectivity index (χ1v) is 11.9. The Kier molecular flexibility index (Phi) is 6.89. The van der Waals surface area contributed by atoms with Crippen LogP contribution in [0.25, 0.3) is 0 Å². The third-order valence-corrected chi connectivity index (χ3v) is 6.85. The molecule has 3 nitrogen and oxygen atoms in total. The van der Waals surface area contributed by atoms with Crippen LogP contribution in [0.15, 0.2) is 42.5 Å². The summed E-state index contributed by atoms with van der Waals surface area (Å²) in [5, 5.41) is 3.26. The molecule has 0 saturated carbocycles. The van der Waals surface area contributed by atoms with E-state index in [9.17, 15) is 4.79 Å². The zero-order chi connectivity index (χ0) is 20.9. The highest BCUT2D eigenvalue weighted by Gasteiger charge is 2.18. The van der Waals surface area contributed by atoms with Crippen LogP contribution in [-0.2, 0) is 19.4 Å². The Labute approximate surface area is 181 Å². The molecular formula is C27H36N2O. The zero-order valence-electron chi connectivity index (χ0n) is 18.6. The van der Waals surface area contributed by atoms with Crippen LogP contribution in [-0.4, -0.2) is 23.9 Å². The van der Waals surface area contributed by atoms with Gasteiger partial charge in [-0.05, 0) is 91.8 Å².